The Kier molecular flexibility index (Phi) is 8.24. The van der Waals surface area contributed by atoms with Crippen molar-refractivity contribution in [3.8, 4) is 0 Å². The molecule has 0 unspecified atom stereocenters. The molecule has 1 amide bonds. The van der Waals surface area contributed by atoms with Crippen LogP contribution < -0.4 is 5.32 Å². The number of nitrogens with zero attached hydrogens (tertiary/aromatic N) is 4. The Hall–Kier alpha value is -3.36. The highest BCUT2D eigenvalue weighted by Crippen LogP contribution is 2.21. The molecule has 8 heteroatoms. The fraction of sp³-hybridized carbons (Fsp3) is 0.292. The smallest absolute Gasteiger partial charge is 0.248 e. The lowest BCUT2D eigenvalue weighted by Crippen LogP contribution is -2.35. The summed E-state index contributed by atoms with van der Waals surface area (Å²) in [6.07, 6.45) is 10.1. The van der Waals surface area contributed by atoms with Crippen molar-refractivity contribution in [1.29, 1.82) is 0 Å². The Morgan fingerprint density at radius 2 is 2.09 bits per heavy atom. The minimum atomic E-state index is -0.346. The molecule has 2 heterocycles. The summed E-state index contributed by atoms with van der Waals surface area (Å²) in [4.78, 5) is 18.3. The van der Waals surface area contributed by atoms with Crippen molar-refractivity contribution in [3.05, 3.63) is 77.5 Å². The summed E-state index contributed by atoms with van der Waals surface area (Å²) in [6.45, 7) is 8.77. The first-order valence-electron chi connectivity index (χ1n) is 10.4. The third kappa shape index (κ3) is 6.57. The van der Waals surface area contributed by atoms with E-state index in [1.54, 1.807) is 35.3 Å². The monoisotopic (exact) mass is 437 g/mol. The van der Waals surface area contributed by atoms with Gasteiger partial charge in [0, 0.05) is 62.0 Å². The van der Waals surface area contributed by atoms with Gasteiger partial charge in [-0.25, -0.2) is 4.39 Å². The number of rotatable bonds is 8. The van der Waals surface area contributed by atoms with Crippen LogP contribution in [0, 0.1) is 5.82 Å². The van der Waals surface area contributed by atoms with Crippen molar-refractivity contribution in [2.24, 2.45) is 12.0 Å². The van der Waals surface area contributed by atoms with E-state index in [-0.39, 0.29) is 11.7 Å². The number of aryl methyl sites for hydroxylation is 1. The Morgan fingerprint density at radius 1 is 1.31 bits per heavy atom. The first-order chi connectivity index (χ1) is 15.5. The number of nitrogens with one attached hydrogen (secondary N) is 1. The molecule has 1 aromatic carbocycles. The largest absolute Gasteiger partial charge is 0.379 e. The molecule has 32 heavy (non-hydrogen) atoms. The number of ether oxygens (including phenoxy) is 1. The van der Waals surface area contributed by atoms with Crippen LogP contribution in [0.25, 0.3) is 5.57 Å². The average molecular weight is 438 g/mol. The van der Waals surface area contributed by atoms with E-state index in [2.05, 4.69) is 27.0 Å². The highest BCUT2D eigenvalue weighted by Gasteiger charge is 2.13. The van der Waals surface area contributed by atoms with Gasteiger partial charge in [0.1, 0.15) is 5.82 Å². The molecular weight excluding hydrogens is 409 g/mol. The summed E-state index contributed by atoms with van der Waals surface area (Å²) in [5.41, 5.74) is 3.62. The van der Waals surface area contributed by atoms with E-state index in [4.69, 9.17) is 4.74 Å². The van der Waals surface area contributed by atoms with Crippen molar-refractivity contribution in [1.82, 2.24) is 14.7 Å². The molecule has 0 saturated carbocycles. The number of aliphatic imine (C=N–C) groups is 1. The lowest BCUT2D eigenvalue weighted by Gasteiger charge is -2.26. The van der Waals surface area contributed by atoms with Crippen LogP contribution in [0.3, 0.4) is 0 Å². The van der Waals surface area contributed by atoms with Crippen molar-refractivity contribution >= 4 is 23.9 Å². The van der Waals surface area contributed by atoms with Crippen molar-refractivity contribution < 1.29 is 13.9 Å². The fourth-order valence-electron chi connectivity index (χ4n) is 3.37. The van der Waals surface area contributed by atoms with Crippen LogP contribution in [0.15, 0.2) is 65.6 Å². The first-order valence-corrected chi connectivity index (χ1v) is 10.4. The lowest BCUT2D eigenvalue weighted by atomic mass is 10.0. The number of amides is 1. The zero-order chi connectivity index (χ0) is 22.9. The molecule has 0 bridgehead atoms. The van der Waals surface area contributed by atoms with Crippen LogP contribution in [-0.4, -0.2) is 53.6 Å². The van der Waals surface area contributed by atoms with Gasteiger partial charge < -0.3 is 10.1 Å². The second-order valence-corrected chi connectivity index (χ2v) is 7.51. The van der Waals surface area contributed by atoms with Gasteiger partial charge in [-0.1, -0.05) is 12.1 Å². The van der Waals surface area contributed by atoms with Gasteiger partial charge in [0.25, 0.3) is 0 Å². The Balaban J connectivity index is 1.67. The van der Waals surface area contributed by atoms with Crippen LogP contribution in [0.1, 0.15) is 18.1 Å². The van der Waals surface area contributed by atoms with Gasteiger partial charge in [-0.2, -0.15) is 5.10 Å². The van der Waals surface area contributed by atoms with Gasteiger partial charge in [-0.15, -0.1) is 0 Å². The quantitative estimate of drug-likeness (QED) is 0.389. The molecule has 1 N–H and O–H groups in total. The van der Waals surface area contributed by atoms with Crippen LogP contribution in [0.4, 0.5) is 10.1 Å². The van der Waals surface area contributed by atoms with E-state index in [1.165, 1.54) is 12.1 Å². The summed E-state index contributed by atoms with van der Waals surface area (Å²) in [7, 11) is 1.83. The van der Waals surface area contributed by atoms with Crippen molar-refractivity contribution in [2.45, 2.75) is 13.5 Å². The molecule has 1 fully saturated rings. The normalized spacial score (nSPS) is 15.8. The number of aromatic nitrogens is 2. The highest BCUT2D eigenvalue weighted by atomic mass is 19.1. The third-order valence-electron chi connectivity index (χ3n) is 5.09. The van der Waals surface area contributed by atoms with E-state index in [0.717, 1.165) is 29.8 Å². The third-order valence-corrected chi connectivity index (χ3v) is 5.09. The second-order valence-electron chi connectivity index (χ2n) is 7.51. The minimum Gasteiger partial charge on any atom is -0.379 e. The summed E-state index contributed by atoms with van der Waals surface area (Å²) in [5.74, 6) is -0.684. The molecule has 1 aliphatic rings. The molecule has 1 aliphatic heterocycles. The van der Waals surface area contributed by atoms with Gasteiger partial charge >= 0.3 is 0 Å². The maximum Gasteiger partial charge on any atom is 0.248 e. The molecule has 0 radical (unpaired) electrons. The number of carbonyl (C=O) groups is 1. The van der Waals surface area contributed by atoms with Gasteiger partial charge in [0.15, 0.2) is 0 Å². The van der Waals surface area contributed by atoms with Crippen LogP contribution in [0.2, 0.25) is 0 Å². The predicted octanol–water partition coefficient (Wildman–Crippen LogP) is 3.57. The zero-order valence-electron chi connectivity index (χ0n) is 18.4. The van der Waals surface area contributed by atoms with Crippen LogP contribution in [0.5, 0.6) is 0 Å². The predicted molar refractivity (Wildman–Crippen MR) is 125 cm³/mol. The number of hydrogen-bond acceptors (Lipinski definition) is 5. The molecule has 0 aliphatic carbocycles. The topological polar surface area (TPSA) is 71.8 Å². The van der Waals surface area contributed by atoms with E-state index in [1.807, 2.05) is 26.2 Å². The number of anilines is 1. The Bertz CT molecular complexity index is 1050. The van der Waals surface area contributed by atoms with Gasteiger partial charge in [-0.05, 0) is 43.0 Å². The number of hydrogen-bond donors (Lipinski definition) is 1. The molecule has 168 valence electrons. The molecule has 0 atom stereocenters. The molecule has 7 nitrogen and oxygen atoms in total. The van der Waals surface area contributed by atoms with E-state index in [9.17, 15) is 9.18 Å². The van der Waals surface area contributed by atoms with Crippen LogP contribution >= 0.6 is 0 Å². The molecule has 1 saturated heterocycles. The standard InChI is InChI=1S/C24H28FN5O2/c1-18(22(8-9-26-2)20-15-27-29(3)16-20)4-7-24(31)28-21-6-5-19(23(25)14-21)17-30-10-12-32-13-11-30/h4-9,14-16H,2,10-13,17H2,1,3H3,(H,28,31)/b7-4+,9-8-,22-18-. The average Bonchev–Trinajstić information content (AvgIpc) is 3.21. The van der Waals surface area contributed by atoms with E-state index in [0.29, 0.717) is 31.0 Å². The summed E-state index contributed by atoms with van der Waals surface area (Å²) < 4.78 is 21.5. The number of carbonyl (C=O) groups excluding carboxylic acids is 1. The lowest BCUT2D eigenvalue weighted by molar-refractivity contribution is -0.111. The number of allylic oxidation sites excluding steroid dienone is 4. The number of benzene rings is 1. The van der Waals surface area contributed by atoms with Gasteiger partial charge in [0.05, 0.1) is 19.4 Å². The molecule has 0 spiro atoms. The molecule has 1 aromatic heterocycles. The Morgan fingerprint density at radius 3 is 2.75 bits per heavy atom. The molecule has 3 rings (SSSR count). The molecule has 2 aromatic rings. The highest BCUT2D eigenvalue weighted by molar-refractivity contribution is 5.99. The van der Waals surface area contributed by atoms with Gasteiger partial charge in [-0.3, -0.25) is 19.4 Å². The SMILES string of the molecule is C=N\C=C/C(=C(C)/C=C/C(=O)Nc1ccc(CN2CCOCC2)c(F)c1)c1cnn(C)c1. The number of halogens is 1. The minimum absolute atomic E-state index is 0.338. The van der Waals surface area contributed by atoms with Crippen molar-refractivity contribution in [2.75, 3.05) is 31.6 Å². The maximum atomic E-state index is 14.5. The fourth-order valence-corrected chi connectivity index (χ4v) is 3.37. The summed E-state index contributed by atoms with van der Waals surface area (Å²) in [6, 6.07) is 4.78. The van der Waals surface area contributed by atoms with E-state index >= 15 is 0 Å². The van der Waals surface area contributed by atoms with E-state index < -0.39 is 0 Å². The molecular formula is C24H28FN5O2. The summed E-state index contributed by atoms with van der Waals surface area (Å²) in [5, 5.41) is 6.90. The number of morpholine rings is 1. The zero-order valence-corrected chi connectivity index (χ0v) is 18.4. The van der Waals surface area contributed by atoms with Crippen LogP contribution in [-0.2, 0) is 23.1 Å². The second kappa shape index (κ2) is 11.3. The van der Waals surface area contributed by atoms with Crippen molar-refractivity contribution in [3.63, 3.8) is 0 Å². The Labute approximate surface area is 187 Å². The van der Waals surface area contributed by atoms with Gasteiger partial charge in [0.2, 0.25) is 5.91 Å². The summed E-state index contributed by atoms with van der Waals surface area (Å²) >= 11 is 0. The maximum absolute atomic E-state index is 14.5. The first kappa shape index (κ1) is 23.3.